The summed E-state index contributed by atoms with van der Waals surface area (Å²) in [7, 11) is 0. The summed E-state index contributed by atoms with van der Waals surface area (Å²) in [6.07, 6.45) is 5.06. The third kappa shape index (κ3) is 8.78. The number of nitrogens with zero attached hydrogens (tertiary/aromatic N) is 2. The second-order valence-electron chi connectivity index (χ2n) is 7.75. The van der Waals surface area contributed by atoms with Gasteiger partial charge in [0.25, 0.3) is 0 Å². The molecular weight excluding hydrogens is 555 g/mol. The maximum atomic E-state index is 9.10. The maximum absolute atomic E-state index is 9.10. The maximum Gasteiger partial charge on any atom is 0.414 e. The summed E-state index contributed by atoms with van der Waals surface area (Å²) in [6, 6.07) is 21.2. The van der Waals surface area contributed by atoms with Crippen LogP contribution in [-0.4, -0.2) is 44.9 Å². The van der Waals surface area contributed by atoms with E-state index in [0.717, 1.165) is 16.7 Å². The number of benzene rings is 3. The van der Waals surface area contributed by atoms with Crippen LogP contribution in [0.25, 0.3) is 11.1 Å². The molecule has 4 aromatic rings. The van der Waals surface area contributed by atoms with Crippen molar-refractivity contribution in [3.05, 3.63) is 106 Å². The Balaban J connectivity index is 0.000000599. The first-order chi connectivity index (χ1) is 18.2. The van der Waals surface area contributed by atoms with Gasteiger partial charge in [-0.1, -0.05) is 77.3 Å². The van der Waals surface area contributed by atoms with Crippen molar-refractivity contribution >= 4 is 46.7 Å². The molecule has 1 aromatic heterocycles. The molecule has 0 bridgehead atoms. The van der Waals surface area contributed by atoms with Crippen LogP contribution in [0.1, 0.15) is 11.7 Å². The zero-order chi connectivity index (χ0) is 27.5. The van der Waals surface area contributed by atoms with Crippen molar-refractivity contribution in [1.82, 2.24) is 9.55 Å². The van der Waals surface area contributed by atoms with Gasteiger partial charge in [0.05, 0.1) is 24.5 Å². The van der Waals surface area contributed by atoms with Gasteiger partial charge in [0, 0.05) is 28.0 Å². The second-order valence-corrected chi connectivity index (χ2v) is 9.01. The summed E-state index contributed by atoms with van der Waals surface area (Å²) in [5.74, 6) is -3.03. The number of aliphatic carboxylic acids is 2. The van der Waals surface area contributed by atoms with Crippen molar-refractivity contribution in [3.8, 4) is 16.9 Å². The number of halogens is 3. The molecule has 3 aromatic carbocycles. The van der Waals surface area contributed by atoms with Crippen LogP contribution in [-0.2, 0) is 20.9 Å². The molecule has 198 valence electrons. The van der Waals surface area contributed by atoms with Crippen molar-refractivity contribution in [2.75, 3.05) is 13.2 Å². The SMILES string of the molecule is Clc1ccc(C(Cn2ccnc2)OCCOc2ccc(-c3ccccc3)cc2Cl)c(Cl)c1.O=C(O)C(=O)O. The van der Waals surface area contributed by atoms with E-state index in [2.05, 4.69) is 4.98 Å². The lowest BCUT2D eigenvalue weighted by Crippen LogP contribution is -2.16. The van der Waals surface area contributed by atoms with E-state index in [4.69, 9.17) is 64.1 Å². The molecule has 0 amide bonds. The van der Waals surface area contributed by atoms with Crippen LogP contribution in [0, 0.1) is 0 Å². The predicted octanol–water partition coefficient (Wildman–Crippen LogP) is 6.50. The molecule has 0 spiro atoms. The lowest BCUT2D eigenvalue weighted by atomic mass is 10.1. The average Bonchev–Trinajstić information content (AvgIpc) is 3.41. The first kappa shape index (κ1) is 29.0. The van der Waals surface area contributed by atoms with Gasteiger partial charge in [0.2, 0.25) is 0 Å². The molecule has 0 saturated carbocycles. The Morgan fingerprint density at radius 3 is 2.21 bits per heavy atom. The standard InChI is InChI=1S/C25H21Cl3N2O2.C2H2O4/c26-20-7-8-21(22(27)15-20)25(16-30-11-10-29-17-30)32-13-12-31-24-9-6-19(14-23(24)28)18-4-2-1-3-5-18;3-1(4)2(5)6/h1-11,14-15,17,25H,12-13,16H2;(H,3,4)(H,5,6). The highest BCUT2D eigenvalue weighted by atomic mass is 35.5. The van der Waals surface area contributed by atoms with E-state index in [-0.39, 0.29) is 6.10 Å². The van der Waals surface area contributed by atoms with Gasteiger partial charge in [-0.2, -0.15) is 0 Å². The molecule has 0 aliphatic heterocycles. The number of carbonyl (C=O) groups is 2. The molecule has 0 saturated heterocycles. The van der Waals surface area contributed by atoms with Crippen molar-refractivity contribution in [1.29, 1.82) is 0 Å². The molecule has 1 heterocycles. The van der Waals surface area contributed by atoms with Crippen LogP contribution in [0.5, 0.6) is 5.75 Å². The normalized spacial score (nSPS) is 11.2. The molecule has 0 aliphatic rings. The van der Waals surface area contributed by atoms with E-state index >= 15 is 0 Å². The van der Waals surface area contributed by atoms with Crippen LogP contribution < -0.4 is 4.74 Å². The third-order valence-electron chi connectivity index (χ3n) is 5.13. The Morgan fingerprint density at radius 2 is 1.61 bits per heavy atom. The highest BCUT2D eigenvalue weighted by Gasteiger charge is 2.17. The lowest BCUT2D eigenvalue weighted by Gasteiger charge is -2.20. The Labute approximate surface area is 233 Å². The second kappa shape index (κ2) is 14.4. The highest BCUT2D eigenvalue weighted by molar-refractivity contribution is 6.35. The lowest BCUT2D eigenvalue weighted by molar-refractivity contribution is -0.159. The topological polar surface area (TPSA) is 111 Å². The number of imidazole rings is 1. The Bertz CT molecular complexity index is 1340. The largest absolute Gasteiger partial charge is 0.490 e. The van der Waals surface area contributed by atoms with Gasteiger partial charge < -0.3 is 24.3 Å². The van der Waals surface area contributed by atoms with E-state index in [1.165, 1.54) is 0 Å². The number of rotatable bonds is 9. The molecular formula is C27H23Cl3N2O6. The van der Waals surface area contributed by atoms with Crippen LogP contribution in [0.15, 0.2) is 85.5 Å². The first-order valence-corrected chi connectivity index (χ1v) is 12.3. The van der Waals surface area contributed by atoms with Crippen LogP contribution >= 0.6 is 34.8 Å². The summed E-state index contributed by atoms with van der Waals surface area (Å²) in [5, 5.41) is 16.5. The number of aromatic nitrogens is 2. The number of hydrogen-bond acceptors (Lipinski definition) is 5. The van der Waals surface area contributed by atoms with Gasteiger partial charge in [-0.15, -0.1) is 0 Å². The molecule has 38 heavy (non-hydrogen) atoms. The zero-order valence-electron chi connectivity index (χ0n) is 19.8. The molecule has 1 atom stereocenters. The van der Waals surface area contributed by atoms with Crippen molar-refractivity contribution in [2.24, 2.45) is 0 Å². The van der Waals surface area contributed by atoms with Gasteiger partial charge in [0.1, 0.15) is 18.5 Å². The summed E-state index contributed by atoms with van der Waals surface area (Å²) in [6.45, 7) is 1.26. The van der Waals surface area contributed by atoms with E-state index in [0.29, 0.717) is 40.6 Å². The predicted molar refractivity (Wildman–Crippen MR) is 145 cm³/mol. The van der Waals surface area contributed by atoms with Gasteiger partial charge in [0.15, 0.2) is 0 Å². The first-order valence-electron chi connectivity index (χ1n) is 11.2. The van der Waals surface area contributed by atoms with Crippen LogP contribution in [0.2, 0.25) is 15.1 Å². The summed E-state index contributed by atoms with van der Waals surface area (Å²) in [4.78, 5) is 22.3. The third-order valence-corrected chi connectivity index (χ3v) is 5.98. The fourth-order valence-electron chi connectivity index (χ4n) is 3.36. The monoisotopic (exact) mass is 576 g/mol. The Hall–Kier alpha value is -3.56. The number of carboxylic acid groups (broad SMARTS) is 2. The Morgan fingerprint density at radius 1 is 0.868 bits per heavy atom. The van der Waals surface area contributed by atoms with Crippen molar-refractivity contribution in [3.63, 3.8) is 0 Å². The molecule has 0 radical (unpaired) electrons. The fraction of sp³-hybridized carbons (Fsp3) is 0.148. The number of hydrogen-bond donors (Lipinski definition) is 2. The molecule has 11 heteroatoms. The molecule has 0 fully saturated rings. The van der Waals surface area contributed by atoms with Crippen LogP contribution in [0.3, 0.4) is 0 Å². The van der Waals surface area contributed by atoms with E-state index < -0.39 is 11.9 Å². The van der Waals surface area contributed by atoms with E-state index in [9.17, 15) is 0 Å². The molecule has 1 unspecified atom stereocenters. The summed E-state index contributed by atoms with van der Waals surface area (Å²) < 4.78 is 13.9. The summed E-state index contributed by atoms with van der Waals surface area (Å²) in [5.41, 5.74) is 3.00. The van der Waals surface area contributed by atoms with E-state index in [1.54, 1.807) is 24.7 Å². The minimum atomic E-state index is -1.82. The van der Waals surface area contributed by atoms with E-state index in [1.807, 2.05) is 65.4 Å². The molecule has 4 rings (SSSR count). The smallest absolute Gasteiger partial charge is 0.414 e. The van der Waals surface area contributed by atoms with Gasteiger partial charge in [-0.25, -0.2) is 14.6 Å². The molecule has 2 N–H and O–H groups in total. The van der Waals surface area contributed by atoms with Gasteiger partial charge >= 0.3 is 11.9 Å². The number of carboxylic acids is 2. The quantitative estimate of drug-likeness (QED) is 0.172. The van der Waals surface area contributed by atoms with Crippen molar-refractivity contribution in [2.45, 2.75) is 12.6 Å². The van der Waals surface area contributed by atoms with Crippen molar-refractivity contribution < 1.29 is 29.3 Å². The minimum absolute atomic E-state index is 0.284. The van der Waals surface area contributed by atoms with Gasteiger partial charge in [-0.05, 0) is 35.4 Å². The molecule has 8 nitrogen and oxygen atoms in total. The Kier molecular flexibility index (Phi) is 11.0. The number of ether oxygens (including phenoxy) is 2. The average molecular weight is 578 g/mol. The minimum Gasteiger partial charge on any atom is -0.490 e. The highest BCUT2D eigenvalue weighted by Crippen LogP contribution is 2.31. The van der Waals surface area contributed by atoms with Crippen LogP contribution in [0.4, 0.5) is 0 Å². The van der Waals surface area contributed by atoms with Gasteiger partial charge in [-0.3, -0.25) is 0 Å². The fourth-order valence-corrected chi connectivity index (χ4v) is 4.13. The zero-order valence-corrected chi connectivity index (χ0v) is 22.1. The summed E-state index contributed by atoms with van der Waals surface area (Å²) >= 11 is 18.9. The molecule has 0 aliphatic carbocycles.